The van der Waals surface area contributed by atoms with Gasteiger partial charge in [0.1, 0.15) is 17.5 Å². The number of anilines is 1. The fraction of sp³-hybridized carbons (Fsp3) is 0.419. The monoisotopic (exact) mass is 764 g/mol. The van der Waals surface area contributed by atoms with Crippen LogP contribution in [-0.2, 0) is 23.8 Å². The summed E-state index contributed by atoms with van der Waals surface area (Å²) in [5.41, 5.74) is 10.0. The molecule has 3 atom stereocenters. The summed E-state index contributed by atoms with van der Waals surface area (Å²) < 4.78 is 27.8. The molecule has 1 aliphatic heterocycles. The highest BCUT2D eigenvalue weighted by atomic mass is 28.4. The Kier molecular flexibility index (Phi) is 10.6. The molecule has 11 heteroatoms. The maximum Gasteiger partial charge on any atom is 0.222 e. The van der Waals surface area contributed by atoms with E-state index in [1.54, 1.807) is 7.11 Å². The van der Waals surface area contributed by atoms with Crippen molar-refractivity contribution in [3.05, 3.63) is 120 Å². The third-order valence-corrected chi connectivity index (χ3v) is 20.9. The maximum atomic E-state index is 14.4. The lowest BCUT2D eigenvalue weighted by Crippen LogP contribution is -2.48. The molecule has 6 rings (SSSR count). The van der Waals surface area contributed by atoms with E-state index in [1.807, 2.05) is 65.4 Å². The first-order chi connectivity index (χ1) is 25.3. The quantitative estimate of drug-likeness (QED) is 0.105. The number of nitrogens with two attached hydrogens (primary N) is 1. The van der Waals surface area contributed by atoms with Crippen LogP contribution in [-0.4, -0.2) is 62.9 Å². The summed E-state index contributed by atoms with van der Waals surface area (Å²) in [4.78, 5) is 24.4. The minimum Gasteiger partial charge on any atom is -0.497 e. The molecule has 1 saturated heterocycles. The molecule has 0 aliphatic carbocycles. The van der Waals surface area contributed by atoms with E-state index in [1.165, 1.54) is 0 Å². The Balaban J connectivity index is 1.57. The fourth-order valence-corrected chi connectivity index (χ4v) is 8.97. The lowest BCUT2D eigenvalue weighted by atomic mass is 9.66. The van der Waals surface area contributed by atoms with Gasteiger partial charge in [0.05, 0.1) is 24.8 Å². The smallest absolute Gasteiger partial charge is 0.222 e. The van der Waals surface area contributed by atoms with Crippen LogP contribution in [0.2, 0.25) is 36.3 Å². The van der Waals surface area contributed by atoms with Gasteiger partial charge in [-0.15, -0.1) is 0 Å². The van der Waals surface area contributed by atoms with Crippen LogP contribution in [0.25, 0.3) is 11.0 Å². The molecule has 3 aromatic carbocycles. The summed E-state index contributed by atoms with van der Waals surface area (Å²) >= 11 is 0. The number of aromatic nitrogens is 3. The topological polar surface area (TPSA) is 111 Å². The van der Waals surface area contributed by atoms with Crippen LogP contribution in [0.4, 0.5) is 5.95 Å². The van der Waals surface area contributed by atoms with Crippen LogP contribution in [0.1, 0.15) is 70.2 Å². The molecule has 286 valence electrons. The average Bonchev–Trinajstić information content (AvgIpc) is 3.67. The molecule has 5 aromatic rings. The first kappa shape index (κ1) is 39.6. The normalized spacial score (nSPS) is 18.7. The summed E-state index contributed by atoms with van der Waals surface area (Å²) in [7, 11) is -2.98. The van der Waals surface area contributed by atoms with Gasteiger partial charge >= 0.3 is 0 Å². The number of hydrogen-bond donors (Lipinski definition) is 1. The van der Waals surface area contributed by atoms with Gasteiger partial charge in [0, 0.05) is 11.6 Å². The SMILES string of the molecule is COc1ccc(C(c2ccccc2)(c2ccccc2)c2nc(N)nc3c2ccn3[C@@H]2O[C@H](CO[Si](C)(C)C(C)(C)C)C(=O)[C@H]2O[Si](C)(C)C(C)(C)C)cc1. The van der Waals surface area contributed by atoms with Crippen molar-refractivity contribution in [3.63, 3.8) is 0 Å². The molecule has 0 radical (unpaired) electrons. The number of methoxy groups -OCH3 is 1. The van der Waals surface area contributed by atoms with Crippen molar-refractivity contribution in [2.75, 3.05) is 19.5 Å². The van der Waals surface area contributed by atoms with Crippen LogP contribution in [0.3, 0.4) is 0 Å². The standard InChI is InChI=1S/C43H56N4O5Si2/c1-41(2,3)53(8,9)50-28-34-35(48)36(52-54(10,11)42(4,5)6)39(51-34)47-27-26-33-37(45-40(44)46-38(33)47)43(29-18-14-12-15-19-29,30-20-16-13-17-21-30)31-22-24-32(49-7)25-23-31/h12-27,34,36,39H,28H2,1-11H3,(H2,44,45,46)/t34-,36-,39-/m1/s1. The first-order valence-corrected chi connectivity index (χ1v) is 24.5. The highest BCUT2D eigenvalue weighted by molar-refractivity contribution is 6.74. The van der Waals surface area contributed by atoms with Gasteiger partial charge in [-0.05, 0) is 71.2 Å². The number of nitrogen functional groups attached to an aromatic ring is 1. The second-order valence-corrected chi connectivity index (χ2v) is 27.0. The predicted octanol–water partition coefficient (Wildman–Crippen LogP) is 9.28. The first-order valence-electron chi connectivity index (χ1n) is 18.7. The predicted molar refractivity (Wildman–Crippen MR) is 221 cm³/mol. The molecule has 0 saturated carbocycles. The Morgan fingerprint density at radius 3 is 1.81 bits per heavy atom. The van der Waals surface area contributed by atoms with E-state index in [4.69, 9.17) is 34.0 Å². The Morgan fingerprint density at radius 1 is 0.759 bits per heavy atom. The number of Topliss-reactive ketones (excluding diaryl/α,β-unsaturated/α-hetero) is 1. The second kappa shape index (κ2) is 14.5. The number of fused-ring (bicyclic) bond motifs is 1. The van der Waals surface area contributed by atoms with Crippen LogP contribution in [0.5, 0.6) is 5.75 Å². The molecule has 9 nitrogen and oxygen atoms in total. The van der Waals surface area contributed by atoms with E-state index in [0.717, 1.165) is 27.8 Å². The number of nitrogens with zero attached hydrogens (tertiary/aromatic N) is 3. The van der Waals surface area contributed by atoms with Crippen molar-refractivity contribution >= 4 is 39.4 Å². The molecule has 0 unspecified atom stereocenters. The molecule has 0 spiro atoms. The van der Waals surface area contributed by atoms with Crippen LogP contribution in [0, 0.1) is 0 Å². The van der Waals surface area contributed by atoms with Crippen molar-refractivity contribution in [1.29, 1.82) is 0 Å². The lowest BCUT2D eigenvalue weighted by Gasteiger charge is -2.39. The summed E-state index contributed by atoms with van der Waals surface area (Å²) in [6, 6.07) is 30.7. The number of ketones is 1. The van der Waals surface area contributed by atoms with Crippen LogP contribution in [0.15, 0.2) is 97.2 Å². The number of carbonyl (C=O) groups is 1. The maximum absolute atomic E-state index is 14.4. The third kappa shape index (κ3) is 7.08. The largest absolute Gasteiger partial charge is 0.497 e. The zero-order valence-electron chi connectivity index (χ0n) is 33.6. The van der Waals surface area contributed by atoms with Crippen LogP contribution < -0.4 is 10.5 Å². The zero-order valence-corrected chi connectivity index (χ0v) is 35.6. The lowest BCUT2D eigenvalue weighted by molar-refractivity contribution is -0.127. The van der Waals surface area contributed by atoms with Gasteiger partial charge in [0.25, 0.3) is 0 Å². The second-order valence-electron chi connectivity index (χ2n) is 17.4. The van der Waals surface area contributed by atoms with Crippen molar-refractivity contribution in [2.45, 2.75) is 102 Å². The van der Waals surface area contributed by atoms with Gasteiger partial charge in [-0.3, -0.25) is 4.79 Å². The highest BCUT2D eigenvalue weighted by Gasteiger charge is 2.52. The number of carbonyl (C=O) groups excluding carboxylic acids is 1. The van der Waals surface area contributed by atoms with E-state index in [9.17, 15) is 4.79 Å². The summed E-state index contributed by atoms with van der Waals surface area (Å²) in [6.07, 6.45) is -0.553. The summed E-state index contributed by atoms with van der Waals surface area (Å²) in [6.45, 7) is 21.9. The van der Waals surface area contributed by atoms with Gasteiger partial charge in [0.2, 0.25) is 5.95 Å². The fourth-order valence-electron chi connectivity index (χ4n) is 6.74. The van der Waals surface area contributed by atoms with Crippen molar-refractivity contribution < 1.29 is 23.1 Å². The van der Waals surface area contributed by atoms with Gasteiger partial charge in [0.15, 0.2) is 34.7 Å². The molecule has 1 aliphatic rings. The highest BCUT2D eigenvalue weighted by Crippen LogP contribution is 2.48. The van der Waals surface area contributed by atoms with Gasteiger partial charge in [-0.1, -0.05) is 114 Å². The van der Waals surface area contributed by atoms with E-state index in [2.05, 4.69) is 104 Å². The number of rotatable bonds is 11. The molecule has 2 aromatic heterocycles. The molecular weight excluding hydrogens is 709 g/mol. The molecule has 3 heterocycles. The number of hydrogen-bond acceptors (Lipinski definition) is 8. The molecule has 0 bridgehead atoms. The van der Waals surface area contributed by atoms with Crippen molar-refractivity contribution in [3.8, 4) is 5.75 Å². The van der Waals surface area contributed by atoms with E-state index < -0.39 is 40.5 Å². The molecule has 2 N–H and O–H groups in total. The van der Waals surface area contributed by atoms with Gasteiger partial charge in [-0.25, -0.2) is 4.98 Å². The van der Waals surface area contributed by atoms with Crippen molar-refractivity contribution in [1.82, 2.24) is 14.5 Å². The third-order valence-electron chi connectivity index (χ3n) is 11.9. The molecule has 0 amide bonds. The van der Waals surface area contributed by atoms with E-state index in [0.29, 0.717) is 11.3 Å². The van der Waals surface area contributed by atoms with Gasteiger partial charge < -0.3 is 28.6 Å². The van der Waals surface area contributed by atoms with Gasteiger partial charge in [-0.2, -0.15) is 4.98 Å². The summed E-state index contributed by atoms with van der Waals surface area (Å²) in [5, 5.41) is 0.603. The van der Waals surface area contributed by atoms with E-state index in [-0.39, 0.29) is 28.4 Å². The van der Waals surface area contributed by atoms with E-state index >= 15 is 0 Å². The molecule has 1 fully saturated rings. The average molecular weight is 765 g/mol. The Morgan fingerprint density at radius 2 is 1.30 bits per heavy atom. The number of ether oxygens (including phenoxy) is 2. The minimum absolute atomic E-state index is 0.0273. The number of benzene rings is 3. The Labute approximate surface area is 322 Å². The Hall–Kier alpha value is -4.14. The van der Waals surface area contributed by atoms with Crippen LogP contribution >= 0.6 is 0 Å². The van der Waals surface area contributed by atoms with Crippen molar-refractivity contribution in [2.24, 2.45) is 0 Å². The minimum atomic E-state index is -2.46. The zero-order chi connectivity index (χ0) is 39.3. The molecule has 54 heavy (non-hydrogen) atoms. The molecular formula is C43H56N4O5Si2. The summed E-state index contributed by atoms with van der Waals surface area (Å²) in [5.74, 6) is 0.732. The Bertz CT molecular complexity index is 2050.